The highest BCUT2D eigenvalue weighted by Crippen LogP contribution is 2.62. The number of hydrogen-bond acceptors (Lipinski definition) is 10. The molecule has 0 saturated carbocycles. The molecule has 0 aliphatic heterocycles. The van der Waals surface area contributed by atoms with Crippen molar-refractivity contribution in [3.8, 4) is 68.5 Å². The largest absolute Gasteiger partial charge is 0.240 e. The first-order chi connectivity index (χ1) is 32.1. The van der Waals surface area contributed by atoms with E-state index in [4.69, 9.17) is 9.97 Å². The molecule has 3 aliphatic rings. The van der Waals surface area contributed by atoms with Crippen LogP contribution in [0, 0.1) is 0 Å². The van der Waals surface area contributed by atoms with E-state index in [0.717, 1.165) is 12.8 Å². The smallest absolute Gasteiger partial charge is 0.133 e. The molecule has 0 N–H and O–H groups in total. The molecule has 11 rings (SSSR count). The lowest BCUT2D eigenvalue weighted by molar-refractivity contribution is 0.399. The van der Waals surface area contributed by atoms with Gasteiger partial charge < -0.3 is 0 Å². The molecule has 8 aromatic heterocycles. The zero-order valence-electron chi connectivity index (χ0n) is 38.0. The highest BCUT2D eigenvalue weighted by atomic mass is 32.1. The van der Waals surface area contributed by atoms with Gasteiger partial charge in [0.25, 0.3) is 0 Å². The molecule has 3 aliphatic carbocycles. The first kappa shape index (κ1) is 44.9. The molecule has 338 valence electrons. The molecule has 0 spiro atoms. The van der Waals surface area contributed by atoms with Crippen LogP contribution >= 0.6 is 90.7 Å². The van der Waals surface area contributed by atoms with Gasteiger partial charge in [-0.2, -0.15) is 0 Å². The van der Waals surface area contributed by atoms with E-state index < -0.39 is 0 Å². The van der Waals surface area contributed by atoms with Crippen LogP contribution in [0.25, 0.3) is 68.5 Å². The minimum absolute atomic E-state index is 0.0922. The maximum Gasteiger partial charge on any atom is 0.133 e. The summed E-state index contributed by atoms with van der Waals surface area (Å²) >= 11 is 15.9. The summed E-state index contributed by atoms with van der Waals surface area (Å²) in [6, 6.07) is 24.3. The van der Waals surface area contributed by atoms with Crippen LogP contribution in [0.3, 0.4) is 0 Å². The minimum atomic E-state index is 0.0922. The monoisotopic (exact) mass is 1000 g/mol. The number of fused-ring (bicyclic) bond motifs is 5. The molecule has 0 aromatic carbocycles. The van der Waals surface area contributed by atoms with Crippen LogP contribution in [0.5, 0.6) is 0 Å². The second kappa shape index (κ2) is 20.2. The molecule has 10 heteroatoms. The van der Waals surface area contributed by atoms with E-state index in [2.05, 4.69) is 97.2 Å². The zero-order valence-corrected chi connectivity index (χ0v) is 44.5. The highest BCUT2D eigenvalue weighted by Gasteiger charge is 2.45. The summed E-state index contributed by atoms with van der Waals surface area (Å²) in [5.74, 6) is 0. The summed E-state index contributed by atoms with van der Waals surface area (Å²) in [6.07, 6.45) is 28.6. The van der Waals surface area contributed by atoms with Gasteiger partial charge in [0.15, 0.2) is 0 Å². The van der Waals surface area contributed by atoms with Crippen molar-refractivity contribution in [1.29, 1.82) is 0 Å². The average molecular weight is 1010 g/mol. The van der Waals surface area contributed by atoms with E-state index in [9.17, 15) is 0 Å². The Kier molecular flexibility index (Phi) is 14.0. The number of thiazole rings is 2. The highest BCUT2D eigenvalue weighted by molar-refractivity contribution is 7.31. The fraction of sp³-hybridized carbons (Fsp3) is 0.455. The van der Waals surface area contributed by atoms with Crippen molar-refractivity contribution in [2.75, 3.05) is 0 Å². The Labute approximate surface area is 418 Å². The van der Waals surface area contributed by atoms with Crippen LogP contribution in [0.1, 0.15) is 162 Å². The van der Waals surface area contributed by atoms with Gasteiger partial charge in [0.1, 0.15) is 10.0 Å². The lowest BCUT2D eigenvalue weighted by Crippen LogP contribution is -2.25. The first-order valence-corrected chi connectivity index (χ1v) is 31.3. The second-order valence-corrected chi connectivity index (χ2v) is 27.3. The maximum atomic E-state index is 5.11. The SMILES string of the molecule is CCCCCCCCC1(CCCCCCCC)c2cc(-c3ccc(-c4ccc(-c5nc6c(s5)CCCC6)s4)s3)sc2-c2sc(-c3ccc(-c4ccc(-c5nc6c(s5)CCCC6)s4)s3)cc21. The summed E-state index contributed by atoms with van der Waals surface area (Å²) in [7, 11) is 0. The quantitative estimate of drug-likeness (QED) is 0.0711. The number of unbranched alkanes of at least 4 members (excludes halogenated alkanes) is 10. The van der Waals surface area contributed by atoms with Gasteiger partial charge in [0.05, 0.1) is 21.1 Å². The van der Waals surface area contributed by atoms with Crippen molar-refractivity contribution in [1.82, 2.24) is 9.97 Å². The Morgan fingerprint density at radius 2 is 0.738 bits per heavy atom. The van der Waals surface area contributed by atoms with Crippen molar-refractivity contribution in [3.05, 3.63) is 92.9 Å². The Morgan fingerprint density at radius 3 is 1.15 bits per heavy atom. The fourth-order valence-electron chi connectivity index (χ4n) is 10.6. The van der Waals surface area contributed by atoms with Crippen LogP contribution in [0.15, 0.2) is 60.7 Å². The van der Waals surface area contributed by atoms with E-state index in [1.807, 2.05) is 68.0 Å². The molecule has 8 aromatic rings. The third-order valence-electron chi connectivity index (χ3n) is 14.1. The van der Waals surface area contributed by atoms with Gasteiger partial charge >= 0.3 is 0 Å². The van der Waals surface area contributed by atoms with Gasteiger partial charge in [0, 0.05) is 63.9 Å². The van der Waals surface area contributed by atoms with E-state index in [-0.39, 0.29) is 5.41 Å². The first-order valence-electron chi connectivity index (χ1n) is 24.7. The van der Waals surface area contributed by atoms with E-state index >= 15 is 0 Å². The molecule has 0 atom stereocenters. The standard InChI is InChI=1S/C55H60N2S8/c1-3-5-7-9-11-17-31-55(32-18-12-10-8-6-4-2)35-33-49(45-25-23-41(58-45)43-27-29-47(60-43)53-56-37-19-13-15-21-39(37)64-53)62-51(35)52-36(55)34-50(63-52)46-26-24-42(59-46)44-28-30-48(61-44)54-57-38-20-14-16-22-40(38)65-54/h23-30,33-34H,3-22,31-32H2,1-2H3. The topological polar surface area (TPSA) is 25.8 Å². The predicted octanol–water partition coefficient (Wildman–Crippen LogP) is 20.5. The number of aryl methyl sites for hydroxylation is 4. The van der Waals surface area contributed by atoms with Crippen LogP contribution in [-0.4, -0.2) is 9.97 Å². The second-order valence-electron chi connectivity index (χ2n) is 18.7. The third kappa shape index (κ3) is 9.23. The Hall–Kier alpha value is -2.54. The molecule has 0 radical (unpaired) electrons. The van der Waals surface area contributed by atoms with Crippen molar-refractivity contribution < 1.29 is 0 Å². The van der Waals surface area contributed by atoms with Gasteiger partial charge in [-0.3, -0.25) is 0 Å². The lowest BCUT2D eigenvalue weighted by Gasteiger charge is -2.31. The summed E-state index contributed by atoms with van der Waals surface area (Å²) < 4.78 is 0. The van der Waals surface area contributed by atoms with Crippen LogP contribution in [0.4, 0.5) is 0 Å². The molecule has 0 saturated heterocycles. The number of nitrogens with zero attached hydrogens (tertiary/aromatic N) is 2. The Bertz CT molecular complexity index is 2620. The van der Waals surface area contributed by atoms with Crippen molar-refractivity contribution in [2.45, 2.75) is 161 Å². The predicted molar refractivity (Wildman–Crippen MR) is 293 cm³/mol. The van der Waals surface area contributed by atoms with Crippen molar-refractivity contribution >= 4 is 90.7 Å². The molecule has 2 nitrogen and oxygen atoms in total. The minimum Gasteiger partial charge on any atom is -0.240 e. The molecular formula is C55H60N2S8. The maximum absolute atomic E-state index is 5.11. The lowest BCUT2D eigenvalue weighted by atomic mass is 9.71. The molecular weight excluding hydrogens is 945 g/mol. The summed E-state index contributed by atoms with van der Waals surface area (Å²) in [4.78, 5) is 30.3. The fourth-order valence-corrected chi connectivity index (χ4v) is 20.0. The molecule has 0 bridgehead atoms. The third-order valence-corrected chi connectivity index (χ3v) is 24.3. The normalized spacial score (nSPS) is 15.1. The van der Waals surface area contributed by atoms with E-state index in [1.165, 1.54) is 208 Å². The van der Waals surface area contributed by atoms with Crippen molar-refractivity contribution in [2.24, 2.45) is 0 Å². The average Bonchev–Trinajstić information content (AvgIpc) is 4.18. The Balaban J connectivity index is 0.908. The number of rotatable bonds is 20. The molecule has 0 fully saturated rings. The van der Waals surface area contributed by atoms with Gasteiger partial charge in [-0.1, -0.05) is 90.9 Å². The van der Waals surface area contributed by atoms with Crippen LogP contribution < -0.4 is 0 Å². The summed E-state index contributed by atoms with van der Waals surface area (Å²) in [5, 5.41) is 2.45. The number of aromatic nitrogens is 2. The van der Waals surface area contributed by atoms with E-state index in [1.54, 1.807) is 20.9 Å². The summed E-state index contributed by atoms with van der Waals surface area (Å²) in [6.45, 7) is 4.67. The van der Waals surface area contributed by atoms with Gasteiger partial charge in [-0.15, -0.1) is 90.7 Å². The van der Waals surface area contributed by atoms with Gasteiger partial charge in [-0.25, -0.2) is 9.97 Å². The van der Waals surface area contributed by atoms with Gasteiger partial charge in [-0.05, 0) is 136 Å². The van der Waals surface area contributed by atoms with Crippen molar-refractivity contribution in [3.63, 3.8) is 0 Å². The molecule has 65 heavy (non-hydrogen) atoms. The molecule has 8 heterocycles. The van der Waals surface area contributed by atoms with Gasteiger partial charge in [0.2, 0.25) is 0 Å². The summed E-state index contributed by atoms with van der Waals surface area (Å²) in [5.41, 5.74) is 6.11. The van der Waals surface area contributed by atoms with Crippen LogP contribution in [0.2, 0.25) is 0 Å². The molecule has 0 unspecified atom stereocenters. The van der Waals surface area contributed by atoms with E-state index in [0.29, 0.717) is 0 Å². The Morgan fingerprint density at radius 1 is 0.385 bits per heavy atom. The number of hydrogen-bond donors (Lipinski definition) is 0. The number of thiophene rings is 6. The van der Waals surface area contributed by atoms with Crippen LogP contribution in [-0.2, 0) is 31.1 Å². The zero-order chi connectivity index (χ0) is 43.7. The molecule has 0 amide bonds.